The van der Waals surface area contributed by atoms with Gasteiger partial charge in [0.2, 0.25) is 0 Å². The van der Waals surface area contributed by atoms with Gasteiger partial charge in [0.15, 0.2) is 6.10 Å². The minimum Gasteiger partial charge on any atom is -0.436 e. The highest BCUT2D eigenvalue weighted by Crippen LogP contribution is 2.15. The average Bonchev–Trinajstić information content (AvgIpc) is 2.46. The van der Waals surface area contributed by atoms with Gasteiger partial charge in [0, 0.05) is 16.7 Å². The van der Waals surface area contributed by atoms with Gasteiger partial charge in [-0.3, -0.25) is 10.1 Å². The van der Waals surface area contributed by atoms with Crippen molar-refractivity contribution in [3.8, 4) is 0 Å². The second-order valence-corrected chi connectivity index (χ2v) is 6.09. The molecule has 0 bridgehead atoms. The van der Waals surface area contributed by atoms with E-state index in [1.54, 1.807) is 24.3 Å². The molecule has 0 aliphatic rings. The summed E-state index contributed by atoms with van der Waals surface area (Å²) in [6.45, 7) is 3.83. The molecule has 0 saturated carbocycles. The summed E-state index contributed by atoms with van der Waals surface area (Å²) in [7, 11) is 0. The van der Waals surface area contributed by atoms with Crippen molar-refractivity contribution in [2.24, 2.45) is 5.92 Å². The molecule has 1 aromatic carbocycles. The molecule has 122 valence electrons. The van der Waals surface area contributed by atoms with E-state index in [9.17, 15) is 9.59 Å². The fraction of sp³-hybridized carbons (Fsp3) is 0.467. The fourth-order valence-corrected chi connectivity index (χ4v) is 2.00. The van der Waals surface area contributed by atoms with Crippen molar-refractivity contribution in [1.82, 2.24) is 5.32 Å². The van der Waals surface area contributed by atoms with Crippen molar-refractivity contribution in [2.45, 2.75) is 26.4 Å². The Kier molecular flexibility index (Phi) is 7.90. The Hall–Kier alpha value is -1.60. The number of aliphatic hydroxyl groups excluding tert-OH is 1. The maximum atomic E-state index is 11.9. The van der Waals surface area contributed by atoms with Crippen molar-refractivity contribution in [3.05, 3.63) is 28.7 Å². The van der Waals surface area contributed by atoms with Gasteiger partial charge in [0.25, 0.3) is 5.91 Å². The van der Waals surface area contributed by atoms with Crippen LogP contribution in [0.15, 0.2) is 28.7 Å². The van der Waals surface area contributed by atoms with Crippen LogP contribution >= 0.6 is 15.9 Å². The molecule has 0 aliphatic carbocycles. The Morgan fingerprint density at radius 1 is 1.27 bits per heavy atom. The summed E-state index contributed by atoms with van der Waals surface area (Å²) in [5, 5.41) is 13.8. The van der Waals surface area contributed by atoms with Crippen LogP contribution in [0, 0.1) is 5.92 Å². The van der Waals surface area contributed by atoms with E-state index in [-0.39, 0.29) is 19.1 Å². The van der Waals surface area contributed by atoms with Crippen LogP contribution in [-0.4, -0.2) is 36.4 Å². The van der Waals surface area contributed by atoms with Crippen molar-refractivity contribution in [1.29, 1.82) is 0 Å². The highest BCUT2D eigenvalue weighted by Gasteiger charge is 2.23. The number of halogens is 1. The van der Waals surface area contributed by atoms with Gasteiger partial charge in [0.05, 0.1) is 6.61 Å². The molecule has 1 aromatic rings. The molecule has 0 fully saturated rings. The zero-order valence-electron chi connectivity index (χ0n) is 12.6. The third kappa shape index (κ3) is 6.91. The van der Waals surface area contributed by atoms with Crippen LogP contribution < -0.4 is 10.6 Å². The largest absolute Gasteiger partial charge is 0.436 e. The Morgan fingerprint density at radius 2 is 1.91 bits per heavy atom. The lowest BCUT2D eigenvalue weighted by Crippen LogP contribution is -2.40. The summed E-state index contributed by atoms with van der Waals surface area (Å²) in [5.41, 5.74) is 0.576. The van der Waals surface area contributed by atoms with E-state index in [1.807, 2.05) is 13.8 Å². The smallest absolute Gasteiger partial charge is 0.412 e. The van der Waals surface area contributed by atoms with Gasteiger partial charge < -0.3 is 15.2 Å². The molecule has 0 unspecified atom stereocenters. The number of anilines is 1. The van der Waals surface area contributed by atoms with Crippen LogP contribution in [0.3, 0.4) is 0 Å². The molecule has 3 N–H and O–H groups in total. The maximum Gasteiger partial charge on any atom is 0.412 e. The quantitative estimate of drug-likeness (QED) is 0.686. The predicted octanol–water partition coefficient (Wildman–Crippen LogP) is 2.52. The normalized spacial score (nSPS) is 11.9. The second kappa shape index (κ2) is 9.42. The number of aliphatic hydroxyl groups is 1. The molecule has 0 aliphatic heterocycles. The highest BCUT2D eigenvalue weighted by molar-refractivity contribution is 9.10. The first-order valence-corrected chi connectivity index (χ1v) is 7.83. The molecule has 1 atom stereocenters. The zero-order chi connectivity index (χ0) is 16.5. The van der Waals surface area contributed by atoms with Crippen LogP contribution in [0.2, 0.25) is 0 Å². The van der Waals surface area contributed by atoms with Gasteiger partial charge in [-0.1, -0.05) is 29.8 Å². The summed E-state index contributed by atoms with van der Waals surface area (Å²) in [4.78, 5) is 23.8. The molecule has 0 spiro atoms. The third-order valence-corrected chi connectivity index (χ3v) is 3.26. The number of hydrogen-bond donors (Lipinski definition) is 3. The van der Waals surface area contributed by atoms with Crippen molar-refractivity contribution < 1.29 is 19.4 Å². The van der Waals surface area contributed by atoms with Gasteiger partial charge in [-0.15, -0.1) is 0 Å². The summed E-state index contributed by atoms with van der Waals surface area (Å²) in [5.74, 6) is -0.223. The first-order valence-electron chi connectivity index (χ1n) is 7.04. The maximum absolute atomic E-state index is 11.9. The molecule has 7 heteroatoms. The molecule has 6 nitrogen and oxygen atoms in total. The van der Waals surface area contributed by atoms with Crippen LogP contribution in [0.25, 0.3) is 0 Å². The fourth-order valence-electron chi connectivity index (χ4n) is 1.74. The Bertz CT molecular complexity index is 491. The number of carbonyl (C=O) groups excluding carboxylic acids is 2. The number of hydrogen-bond acceptors (Lipinski definition) is 4. The van der Waals surface area contributed by atoms with E-state index in [0.29, 0.717) is 12.1 Å². The highest BCUT2D eigenvalue weighted by atomic mass is 79.9. The second-order valence-electron chi connectivity index (χ2n) is 5.17. The SMILES string of the molecule is CC(C)C[C@H](OC(=O)Nc1ccc(Br)cc1)C(=O)NCCO. The van der Waals surface area contributed by atoms with E-state index in [4.69, 9.17) is 9.84 Å². The average molecular weight is 373 g/mol. The molecule has 0 aromatic heterocycles. The number of benzene rings is 1. The van der Waals surface area contributed by atoms with Crippen molar-refractivity contribution in [2.75, 3.05) is 18.5 Å². The van der Waals surface area contributed by atoms with Crippen molar-refractivity contribution in [3.63, 3.8) is 0 Å². The summed E-state index contributed by atoms with van der Waals surface area (Å²) < 4.78 is 6.09. The number of nitrogens with one attached hydrogen (secondary N) is 2. The summed E-state index contributed by atoms with van der Waals surface area (Å²) >= 11 is 3.30. The number of rotatable bonds is 7. The lowest BCUT2D eigenvalue weighted by atomic mass is 10.1. The number of ether oxygens (including phenoxy) is 1. The first kappa shape index (κ1) is 18.4. The van der Waals surface area contributed by atoms with E-state index >= 15 is 0 Å². The number of amides is 2. The minimum atomic E-state index is -0.887. The van der Waals surface area contributed by atoms with Gasteiger partial charge in [0.1, 0.15) is 0 Å². The molecule has 22 heavy (non-hydrogen) atoms. The molecule has 0 saturated heterocycles. The standard InChI is InChI=1S/C15H21BrN2O4/c1-10(2)9-13(14(20)17-7-8-19)22-15(21)18-12-5-3-11(16)4-6-12/h3-6,10,13,19H,7-9H2,1-2H3,(H,17,20)(H,18,21)/t13-/m0/s1. The van der Waals surface area contributed by atoms with Crippen LogP contribution in [-0.2, 0) is 9.53 Å². The third-order valence-electron chi connectivity index (χ3n) is 2.73. The van der Waals surface area contributed by atoms with Gasteiger partial charge in [-0.2, -0.15) is 0 Å². The minimum absolute atomic E-state index is 0.130. The van der Waals surface area contributed by atoms with Gasteiger partial charge in [-0.05, 0) is 36.6 Å². The van der Waals surface area contributed by atoms with E-state index in [0.717, 1.165) is 4.47 Å². The first-order chi connectivity index (χ1) is 10.4. The van der Waals surface area contributed by atoms with Crippen LogP contribution in [0.4, 0.5) is 10.5 Å². The molecule has 1 rings (SSSR count). The summed E-state index contributed by atoms with van der Waals surface area (Å²) in [6.07, 6.45) is -1.17. The molecular formula is C15H21BrN2O4. The van der Waals surface area contributed by atoms with E-state index in [1.165, 1.54) is 0 Å². The zero-order valence-corrected chi connectivity index (χ0v) is 14.2. The lowest BCUT2D eigenvalue weighted by molar-refractivity contribution is -0.130. The van der Waals surface area contributed by atoms with Crippen LogP contribution in [0.1, 0.15) is 20.3 Å². The van der Waals surface area contributed by atoms with E-state index in [2.05, 4.69) is 26.6 Å². The Morgan fingerprint density at radius 3 is 2.45 bits per heavy atom. The predicted molar refractivity (Wildman–Crippen MR) is 87.6 cm³/mol. The van der Waals surface area contributed by atoms with Crippen LogP contribution in [0.5, 0.6) is 0 Å². The van der Waals surface area contributed by atoms with Gasteiger partial charge in [-0.25, -0.2) is 4.79 Å². The molecule has 0 radical (unpaired) electrons. The topological polar surface area (TPSA) is 87.7 Å². The summed E-state index contributed by atoms with van der Waals surface area (Å²) in [6, 6.07) is 7.01. The number of carbonyl (C=O) groups is 2. The van der Waals surface area contributed by atoms with Gasteiger partial charge >= 0.3 is 6.09 Å². The van der Waals surface area contributed by atoms with Crippen molar-refractivity contribution >= 4 is 33.6 Å². The molecule has 2 amide bonds. The molecular weight excluding hydrogens is 352 g/mol. The molecule has 0 heterocycles. The Balaban J connectivity index is 2.61. The lowest BCUT2D eigenvalue weighted by Gasteiger charge is -2.19. The van der Waals surface area contributed by atoms with E-state index < -0.39 is 18.1 Å². The monoisotopic (exact) mass is 372 g/mol. The Labute approximate surface area is 138 Å².